The Morgan fingerprint density at radius 3 is 2.55 bits per heavy atom. The first kappa shape index (κ1) is 15.6. The van der Waals surface area contributed by atoms with Gasteiger partial charge in [-0.1, -0.05) is 45.4 Å². The van der Waals surface area contributed by atoms with Crippen molar-refractivity contribution >= 4 is 0 Å². The molecule has 1 heterocycles. The van der Waals surface area contributed by atoms with Crippen LogP contribution in [-0.4, -0.2) is 22.9 Å². The molecule has 0 bridgehead atoms. The normalized spacial score (nSPS) is 18.9. The molecule has 0 saturated heterocycles. The zero-order chi connectivity index (χ0) is 14.4. The Labute approximate surface area is 124 Å². The van der Waals surface area contributed by atoms with Gasteiger partial charge in [-0.05, 0) is 31.9 Å². The van der Waals surface area contributed by atoms with Gasteiger partial charge in [-0.2, -0.15) is 5.10 Å². The zero-order valence-corrected chi connectivity index (χ0v) is 13.5. The smallest absolute Gasteiger partial charge is 0.0624 e. The Bertz CT molecular complexity index is 389. The van der Waals surface area contributed by atoms with E-state index in [4.69, 9.17) is 0 Å². The fraction of sp³-hybridized carbons (Fsp3) is 0.824. The summed E-state index contributed by atoms with van der Waals surface area (Å²) >= 11 is 0. The molecule has 0 spiro atoms. The molecule has 0 radical (unpaired) electrons. The van der Waals surface area contributed by atoms with Crippen molar-refractivity contribution < 1.29 is 0 Å². The Balaban J connectivity index is 1.91. The monoisotopic (exact) mass is 277 g/mol. The summed E-state index contributed by atoms with van der Waals surface area (Å²) in [6, 6.07) is 2.87. The fourth-order valence-electron chi connectivity index (χ4n) is 3.49. The van der Waals surface area contributed by atoms with Crippen LogP contribution in [-0.2, 0) is 19.9 Å². The maximum absolute atomic E-state index is 4.57. The molecule has 3 heteroatoms. The predicted octanol–water partition coefficient (Wildman–Crippen LogP) is 3.47. The maximum atomic E-state index is 4.57. The standard InChI is InChI=1S/C17H31N3/c1-4-15-12-17(20(3)19-15)13-16(18-2)11-14-9-7-5-6-8-10-14/h12,14,16,18H,4-11,13H2,1-3H3. The minimum atomic E-state index is 0.596. The summed E-state index contributed by atoms with van der Waals surface area (Å²) in [6.45, 7) is 2.17. The Kier molecular flexibility index (Phi) is 6.08. The zero-order valence-electron chi connectivity index (χ0n) is 13.5. The maximum Gasteiger partial charge on any atom is 0.0624 e. The van der Waals surface area contributed by atoms with E-state index in [1.807, 2.05) is 0 Å². The molecule has 2 rings (SSSR count). The molecule has 1 aliphatic carbocycles. The highest BCUT2D eigenvalue weighted by atomic mass is 15.3. The van der Waals surface area contributed by atoms with Gasteiger partial charge in [0.1, 0.15) is 0 Å². The van der Waals surface area contributed by atoms with Crippen molar-refractivity contribution in [2.24, 2.45) is 13.0 Å². The van der Waals surface area contributed by atoms with E-state index in [1.165, 1.54) is 56.3 Å². The lowest BCUT2D eigenvalue weighted by Crippen LogP contribution is -2.30. The highest BCUT2D eigenvalue weighted by molar-refractivity contribution is 5.11. The number of likely N-dealkylation sites (N-methyl/N-ethyl adjacent to an activating group) is 1. The summed E-state index contributed by atoms with van der Waals surface area (Å²) in [5, 5.41) is 8.10. The van der Waals surface area contributed by atoms with Gasteiger partial charge < -0.3 is 5.32 Å². The lowest BCUT2D eigenvalue weighted by molar-refractivity contribution is 0.358. The van der Waals surface area contributed by atoms with Crippen LogP contribution in [0.2, 0.25) is 0 Å². The average molecular weight is 277 g/mol. The van der Waals surface area contributed by atoms with E-state index in [1.54, 1.807) is 0 Å². The van der Waals surface area contributed by atoms with Gasteiger partial charge in [0.15, 0.2) is 0 Å². The van der Waals surface area contributed by atoms with Crippen molar-refractivity contribution in [3.8, 4) is 0 Å². The van der Waals surface area contributed by atoms with E-state index in [0.29, 0.717) is 6.04 Å². The summed E-state index contributed by atoms with van der Waals surface area (Å²) in [6.07, 6.45) is 12.1. The van der Waals surface area contributed by atoms with Gasteiger partial charge in [-0.15, -0.1) is 0 Å². The molecule has 114 valence electrons. The van der Waals surface area contributed by atoms with Crippen LogP contribution in [0.4, 0.5) is 0 Å². The van der Waals surface area contributed by atoms with Crippen LogP contribution in [0.3, 0.4) is 0 Å². The predicted molar refractivity (Wildman–Crippen MR) is 84.9 cm³/mol. The number of nitrogens with one attached hydrogen (secondary N) is 1. The van der Waals surface area contributed by atoms with Crippen LogP contribution in [0.1, 0.15) is 63.3 Å². The number of rotatable bonds is 6. The summed E-state index contributed by atoms with van der Waals surface area (Å²) in [5.74, 6) is 0.925. The van der Waals surface area contributed by atoms with Crippen molar-refractivity contribution in [3.63, 3.8) is 0 Å². The summed E-state index contributed by atoms with van der Waals surface area (Å²) in [4.78, 5) is 0. The molecule has 1 aliphatic rings. The van der Waals surface area contributed by atoms with Crippen LogP contribution in [0.5, 0.6) is 0 Å². The fourth-order valence-corrected chi connectivity index (χ4v) is 3.49. The Morgan fingerprint density at radius 2 is 2.00 bits per heavy atom. The Hall–Kier alpha value is -0.830. The third-order valence-corrected chi connectivity index (χ3v) is 4.85. The number of hydrogen-bond acceptors (Lipinski definition) is 2. The topological polar surface area (TPSA) is 29.9 Å². The largest absolute Gasteiger partial charge is 0.317 e. The van der Waals surface area contributed by atoms with Gasteiger partial charge in [0.25, 0.3) is 0 Å². The van der Waals surface area contributed by atoms with Crippen molar-refractivity contribution in [2.75, 3.05) is 7.05 Å². The lowest BCUT2D eigenvalue weighted by Gasteiger charge is -2.22. The molecule has 0 aliphatic heterocycles. The molecule has 3 nitrogen and oxygen atoms in total. The van der Waals surface area contributed by atoms with Crippen molar-refractivity contribution in [2.45, 2.75) is 70.8 Å². The third kappa shape index (κ3) is 4.34. The quantitative estimate of drug-likeness (QED) is 0.807. The molecule has 1 aromatic heterocycles. The van der Waals surface area contributed by atoms with Crippen LogP contribution in [0.15, 0.2) is 6.07 Å². The SMILES string of the molecule is CCc1cc(CC(CC2CCCCCC2)NC)n(C)n1. The van der Waals surface area contributed by atoms with Crippen LogP contribution < -0.4 is 5.32 Å². The molecule has 1 fully saturated rings. The van der Waals surface area contributed by atoms with Gasteiger partial charge in [-0.25, -0.2) is 0 Å². The molecule has 1 atom stereocenters. The minimum absolute atomic E-state index is 0.596. The number of aryl methyl sites for hydroxylation is 2. The van der Waals surface area contributed by atoms with E-state index in [9.17, 15) is 0 Å². The average Bonchev–Trinajstić information content (AvgIpc) is 2.66. The van der Waals surface area contributed by atoms with Crippen LogP contribution in [0, 0.1) is 5.92 Å². The molecule has 1 saturated carbocycles. The highest BCUT2D eigenvalue weighted by Crippen LogP contribution is 2.27. The van der Waals surface area contributed by atoms with Gasteiger partial charge in [0.05, 0.1) is 5.69 Å². The minimum Gasteiger partial charge on any atom is -0.317 e. The van der Waals surface area contributed by atoms with Crippen LogP contribution in [0.25, 0.3) is 0 Å². The summed E-state index contributed by atoms with van der Waals surface area (Å²) < 4.78 is 2.07. The molecule has 1 unspecified atom stereocenters. The second-order valence-electron chi connectivity index (χ2n) is 6.39. The molecule has 1 N–H and O–H groups in total. The summed E-state index contributed by atoms with van der Waals surface area (Å²) in [5.41, 5.74) is 2.58. The second kappa shape index (κ2) is 7.82. The third-order valence-electron chi connectivity index (χ3n) is 4.85. The van der Waals surface area contributed by atoms with Crippen LogP contribution >= 0.6 is 0 Å². The molecule has 20 heavy (non-hydrogen) atoms. The van der Waals surface area contributed by atoms with Crippen molar-refractivity contribution in [3.05, 3.63) is 17.5 Å². The van der Waals surface area contributed by atoms with E-state index in [2.05, 4.69) is 42.2 Å². The molecular weight excluding hydrogens is 246 g/mol. The molecule has 1 aromatic rings. The van der Waals surface area contributed by atoms with Gasteiger partial charge >= 0.3 is 0 Å². The first-order chi connectivity index (χ1) is 9.72. The van der Waals surface area contributed by atoms with Gasteiger partial charge in [0, 0.05) is 25.2 Å². The van der Waals surface area contributed by atoms with E-state index in [0.717, 1.165) is 18.8 Å². The van der Waals surface area contributed by atoms with Gasteiger partial charge in [0.2, 0.25) is 0 Å². The number of nitrogens with zero attached hydrogens (tertiary/aromatic N) is 2. The van der Waals surface area contributed by atoms with E-state index >= 15 is 0 Å². The van der Waals surface area contributed by atoms with Crippen molar-refractivity contribution in [1.29, 1.82) is 0 Å². The first-order valence-corrected chi connectivity index (χ1v) is 8.42. The molecule has 0 aromatic carbocycles. The van der Waals surface area contributed by atoms with Gasteiger partial charge in [-0.3, -0.25) is 4.68 Å². The molecule has 0 amide bonds. The van der Waals surface area contributed by atoms with Crippen molar-refractivity contribution in [1.82, 2.24) is 15.1 Å². The number of aromatic nitrogens is 2. The molecular formula is C17H31N3. The first-order valence-electron chi connectivity index (χ1n) is 8.42. The summed E-state index contributed by atoms with van der Waals surface area (Å²) in [7, 11) is 4.19. The Morgan fingerprint density at radius 1 is 1.30 bits per heavy atom. The second-order valence-corrected chi connectivity index (χ2v) is 6.39. The van der Waals surface area contributed by atoms with E-state index < -0.39 is 0 Å². The highest BCUT2D eigenvalue weighted by Gasteiger charge is 2.18. The lowest BCUT2D eigenvalue weighted by atomic mass is 9.91. The number of hydrogen-bond donors (Lipinski definition) is 1. The van der Waals surface area contributed by atoms with E-state index in [-0.39, 0.29) is 0 Å².